The first-order valence-corrected chi connectivity index (χ1v) is 13.5. The van der Waals surface area contributed by atoms with Gasteiger partial charge in [-0.15, -0.1) is 0 Å². The van der Waals surface area contributed by atoms with Crippen LogP contribution >= 0.6 is 0 Å². The average molecular weight is 532 g/mol. The Hall–Kier alpha value is -3.44. The Kier molecular flexibility index (Phi) is 9.28. The first-order valence-electron chi connectivity index (χ1n) is 12.1. The number of amides is 2. The van der Waals surface area contributed by atoms with Crippen LogP contribution < -0.4 is 20.1 Å². The summed E-state index contributed by atoms with van der Waals surface area (Å²) in [4.78, 5) is 37.9. The summed E-state index contributed by atoms with van der Waals surface area (Å²) in [6.07, 6.45) is 0.388. The zero-order valence-corrected chi connectivity index (χ0v) is 21.9. The molecule has 10 nitrogen and oxygen atoms in total. The summed E-state index contributed by atoms with van der Waals surface area (Å²) in [7, 11) is -2.35. The molecule has 3 rings (SSSR count). The number of benzene rings is 2. The lowest BCUT2D eigenvalue weighted by Gasteiger charge is -2.23. The van der Waals surface area contributed by atoms with E-state index in [0.717, 1.165) is 5.56 Å². The summed E-state index contributed by atoms with van der Waals surface area (Å²) in [5.74, 6) is -2.02. The van der Waals surface area contributed by atoms with Crippen molar-refractivity contribution in [3.05, 3.63) is 59.7 Å². The summed E-state index contributed by atoms with van der Waals surface area (Å²) in [5.41, 5.74) is 1.40. The maximum Gasteiger partial charge on any atom is 0.326 e. The van der Waals surface area contributed by atoms with Crippen molar-refractivity contribution in [2.24, 2.45) is 5.92 Å². The van der Waals surface area contributed by atoms with Gasteiger partial charge in [0.1, 0.15) is 17.8 Å². The van der Waals surface area contributed by atoms with E-state index in [1.54, 1.807) is 6.07 Å². The van der Waals surface area contributed by atoms with Gasteiger partial charge < -0.3 is 20.5 Å². The van der Waals surface area contributed by atoms with Crippen LogP contribution in [-0.4, -0.2) is 57.0 Å². The zero-order valence-electron chi connectivity index (χ0n) is 21.1. The number of fused-ring (bicyclic) bond motifs is 1. The molecule has 11 heteroatoms. The Morgan fingerprint density at radius 3 is 2.38 bits per heavy atom. The number of rotatable bonds is 12. The van der Waals surface area contributed by atoms with Gasteiger partial charge in [0.15, 0.2) is 0 Å². The van der Waals surface area contributed by atoms with Crippen molar-refractivity contribution in [3.8, 4) is 5.75 Å². The van der Waals surface area contributed by atoms with Crippen LogP contribution in [0.1, 0.15) is 43.7 Å². The number of hydrogen-bond donors (Lipinski definition) is 4. The third-order valence-electron chi connectivity index (χ3n) is 6.13. The fourth-order valence-corrected chi connectivity index (χ4v) is 4.98. The van der Waals surface area contributed by atoms with E-state index in [-0.39, 0.29) is 36.7 Å². The molecule has 2 aromatic carbocycles. The number of carboxylic acids is 1. The fraction of sp³-hybridized carbons (Fsp3) is 0.423. The van der Waals surface area contributed by atoms with Crippen molar-refractivity contribution >= 4 is 27.8 Å². The van der Waals surface area contributed by atoms with E-state index in [0.29, 0.717) is 11.3 Å². The van der Waals surface area contributed by atoms with Gasteiger partial charge in [-0.3, -0.25) is 9.59 Å². The molecule has 200 valence electrons. The molecule has 2 amide bonds. The number of ether oxygens (including phenoxy) is 1. The Bertz CT molecular complexity index is 1230. The molecule has 37 heavy (non-hydrogen) atoms. The van der Waals surface area contributed by atoms with E-state index in [9.17, 15) is 27.9 Å². The Balaban J connectivity index is 1.76. The van der Waals surface area contributed by atoms with Crippen LogP contribution in [0.5, 0.6) is 5.75 Å². The highest BCUT2D eigenvalue weighted by atomic mass is 32.2. The molecule has 1 heterocycles. The van der Waals surface area contributed by atoms with E-state index in [1.165, 1.54) is 19.2 Å². The molecule has 0 spiro atoms. The number of nitrogens with one attached hydrogen (secondary N) is 3. The SMILES string of the molecule is CNS(=O)(=O)c1ccc2c(c1)C(CC(=O)N[C@@H](Cc1ccccc1)C(=O)N[C@@H](CC(C)C)C(=O)O)CO2. The molecule has 0 fully saturated rings. The molecule has 1 unspecified atom stereocenters. The van der Waals surface area contributed by atoms with E-state index < -0.39 is 45.8 Å². The minimum Gasteiger partial charge on any atom is -0.493 e. The van der Waals surface area contributed by atoms with Crippen molar-refractivity contribution in [1.82, 2.24) is 15.4 Å². The molecule has 0 bridgehead atoms. The highest BCUT2D eigenvalue weighted by Crippen LogP contribution is 2.37. The molecule has 3 atom stereocenters. The standard InChI is InChI=1S/C26H33N3O7S/c1-16(2)11-22(26(32)33)29-25(31)21(12-17-7-5-4-6-8-17)28-24(30)13-18-15-36-23-10-9-19(14-20(18)23)37(34,35)27-3/h4-10,14,16,18,21-22,27H,11-13,15H2,1-3H3,(H,28,30)(H,29,31)(H,32,33)/t18?,21-,22-/m0/s1. The number of carboxylic acid groups (broad SMARTS) is 1. The van der Waals surface area contributed by atoms with Gasteiger partial charge in [-0.2, -0.15) is 0 Å². The monoisotopic (exact) mass is 531 g/mol. The van der Waals surface area contributed by atoms with Gasteiger partial charge >= 0.3 is 5.97 Å². The molecular formula is C26H33N3O7S. The largest absolute Gasteiger partial charge is 0.493 e. The highest BCUT2D eigenvalue weighted by Gasteiger charge is 2.31. The van der Waals surface area contributed by atoms with Gasteiger partial charge in [-0.25, -0.2) is 17.9 Å². The van der Waals surface area contributed by atoms with Gasteiger partial charge in [0.25, 0.3) is 0 Å². The van der Waals surface area contributed by atoms with Crippen LogP contribution in [0.25, 0.3) is 0 Å². The van der Waals surface area contributed by atoms with Gasteiger partial charge in [-0.1, -0.05) is 44.2 Å². The molecule has 0 saturated heterocycles. The third-order valence-corrected chi connectivity index (χ3v) is 7.54. The average Bonchev–Trinajstić information content (AvgIpc) is 3.25. The molecule has 0 aliphatic carbocycles. The summed E-state index contributed by atoms with van der Waals surface area (Å²) in [6.45, 7) is 3.91. The van der Waals surface area contributed by atoms with Crippen LogP contribution in [0.2, 0.25) is 0 Å². The number of carbonyl (C=O) groups is 3. The maximum atomic E-state index is 13.1. The lowest BCUT2D eigenvalue weighted by atomic mass is 9.97. The zero-order chi connectivity index (χ0) is 27.2. The molecule has 1 aliphatic heterocycles. The molecule has 4 N–H and O–H groups in total. The van der Waals surface area contributed by atoms with Crippen LogP contribution in [-0.2, 0) is 30.8 Å². The molecule has 0 aromatic heterocycles. The lowest BCUT2D eigenvalue weighted by Crippen LogP contribution is -2.52. The van der Waals surface area contributed by atoms with Crippen molar-refractivity contribution < 1.29 is 32.6 Å². The predicted octanol–water partition coefficient (Wildman–Crippen LogP) is 1.80. The van der Waals surface area contributed by atoms with Crippen LogP contribution in [0.4, 0.5) is 0 Å². The van der Waals surface area contributed by atoms with Crippen molar-refractivity contribution in [2.45, 2.75) is 56.0 Å². The van der Waals surface area contributed by atoms with Gasteiger partial charge in [0, 0.05) is 24.3 Å². The summed E-state index contributed by atoms with van der Waals surface area (Å²) < 4.78 is 32.3. The second-order valence-corrected chi connectivity index (χ2v) is 11.3. The predicted molar refractivity (Wildman–Crippen MR) is 137 cm³/mol. The van der Waals surface area contributed by atoms with Crippen molar-refractivity contribution in [3.63, 3.8) is 0 Å². The van der Waals surface area contributed by atoms with Gasteiger partial charge in [-0.05, 0) is 43.1 Å². The first-order chi connectivity index (χ1) is 17.5. The molecule has 2 aromatic rings. The number of carbonyl (C=O) groups excluding carboxylic acids is 2. The van der Waals surface area contributed by atoms with Crippen molar-refractivity contribution in [2.75, 3.05) is 13.7 Å². The smallest absolute Gasteiger partial charge is 0.326 e. The molecule has 0 radical (unpaired) electrons. The number of sulfonamides is 1. The summed E-state index contributed by atoms with van der Waals surface area (Å²) in [6, 6.07) is 11.5. The first kappa shape index (κ1) is 28.1. The minimum absolute atomic E-state index is 0.0387. The maximum absolute atomic E-state index is 13.1. The van der Waals surface area contributed by atoms with Gasteiger partial charge in [0.2, 0.25) is 21.8 Å². The highest BCUT2D eigenvalue weighted by molar-refractivity contribution is 7.89. The third kappa shape index (κ3) is 7.53. The minimum atomic E-state index is -3.67. The number of aliphatic carboxylic acids is 1. The Morgan fingerprint density at radius 1 is 1.05 bits per heavy atom. The second kappa shape index (κ2) is 12.2. The van der Waals surface area contributed by atoms with Gasteiger partial charge in [0.05, 0.1) is 11.5 Å². The molecule has 1 aliphatic rings. The van der Waals surface area contributed by atoms with Crippen LogP contribution in [0.3, 0.4) is 0 Å². The van der Waals surface area contributed by atoms with E-state index >= 15 is 0 Å². The Morgan fingerprint density at radius 2 is 1.76 bits per heavy atom. The van der Waals surface area contributed by atoms with Crippen LogP contribution in [0.15, 0.2) is 53.4 Å². The normalized spacial score (nSPS) is 16.4. The quantitative estimate of drug-likeness (QED) is 0.326. The topological polar surface area (TPSA) is 151 Å². The van der Waals surface area contributed by atoms with Crippen LogP contribution in [0, 0.1) is 5.92 Å². The lowest BCUT2D eigenvalue weighted by molar-refractivity contribution is -0.142. The van der Waals surface area contributed by atoms with Crippen molar-refractivity contribution in [1.29, 1.82) is 0 Å². The second-order valence-electron chi connectivity index (χ2n) is 9.46. The van der Waals surface area contributed by atoms with E-state index in [2.05, 4.69) is 15.4 Å². The molecule has 0 saturated carbocycles. The Labute approximate surface area is 216 Å². The van der Waals surface area contributed by atoms with E-state index in [1.807, 2.05) is 44.2 Å². The fourth-order valence-electron chi connectivity index (χ4n) is 4.21. The molecular weight excluding hydrogens is 498 g/mol. The summed E-state index contributed by atoms with van der Waals surface area (Å²) in [5, 5.41) is 14.8. The number of hydrogen-bond acceptors (Lipinski definition) is 6. The van der Waals surface area contributed by atoms with E-state index in [4.69, 9.17) is 4.74 Å². The summed E-state index contributed by atoms with van der Waals surface area (Å²) >= 11 is 0.